The zero-order chi connectivity index (χ0) is 31.7. The van der Waals surface area contributed by atoms with E-state index in [1.54, 1.807) is 37.3 Å². The molecule has 1 aromatic heterocycles. The molecule has 1 saturated heterocycles. The molecule has 2 aromatic carbocycles. The predicted octanol–water partition coefficient (Wildman–Crippen LogP) is 2.62. The summed E-state index contributed by atoms with van der Waals surface area (Å²) in [6, 6.07) is 10.6. The number of carbonyl (C=O) groups excluding carboxylic acids is 2. The van der Waals surface area contributed by atoms with Crippen LogP contribution < -0.4 is 29.0 Å². The lowest BCUT2D eigenvalue weighted by Gasteiger charge is -2.34. The van der Waals surface area contributed by atoms with E-state index in [1.165, 1.54) is 30.3 Å². The Balaban J connectivity index is 1.14. The molecule has 45 heavy (non-hydrogen) atoms. The number of hydrogen-bond donors (Lipinski definition) is 3. The van der Waals surface area contributed by atoms with E-state index < -0.39 is 42.0 Å². The van der Waals surface area contributed by atoms with E-state index in [-0.39, 0.29) is 54.8 Å². The van der Waals surface area contributed by atoms with Crippen LogP contribution in [0, 0.1) is 0 Å². The minimum Gasteiger partial charge on any atom is -0.497 e. The normalized spacial score (nSPS) is 27.2. The van der Waals surface area contributed by atoms with Crippen molar-refractivity contribution in [2.75, 3.05) is 26.8 Å². The highest BCUT2D eigenvalue weighted by Gasteiger charge is 2.49. The summed E-state index contributed by atoms with van der Waals surface area (Å²) in [5.74, 6) is 0.139. The zero-order valence-corrected chi connectivity index (χ0v) is 24.2. The van der Waals surface area contributed by atoms with Crippen molar-refractivity contribution in [3.05, 3.63) is 71.0 Å². The molecule has 236 valence electrons. The fourth-order valence-corrected chi connectivity index (χ4v) is 6.07. The van der Waals surface area contributed by atoms with Gasteiger partial charge in [0.05, 0.1) is 36.6 Å². The number of nitrogens with zero attached hydrogens (tertiary/aromatic N) is 2. The molecule has 0 radical (unpaired) electrons. The Kier molecular flexibility index (Phi) is 6.74. The number of β-amino-alcohol motifs (C(OH)–C–C–N with tert-alkyl or cyclic N) is 2. The second-order valence-corrected chi connectivity index (χ2v) is 11.7. The van der Waals surface area contributed by atoms with Gasteiger partial charge in [-0.05, 0) is 37.3 Å². The average Bonchev–Trinajstić information content (AvgIpc) is 3.65. The van der Waals surface area contributed by atoms with Gasteiger partial charge in [0.2, 0.25) is 5.91 Å². The Morgan fingerprint density at radius 2 is 1.76 bits per heavy atom. The standard InChI is InChI=1S/C31H29F2N3O9/c1-30(14-42-24-10-27-26(8-18(24)30)44-31(32,33)45-27)29(40)35-20-9-25(43-23-7-16(41-2)4-5-17(20)23)19-6-3-15(11-34-19)28(39)36-12-21(37)22(38)13-36/h3-8,10-11,20-22,25,37-38H,9,12-14H2,1-2H3,(H,35,40)/t20-,21+,22+,25-,30?/m1/s1. The maximum atomic E-state index is 13.9. The number of halogens is 2. The number of pyridine rings is 1. The van der Waals surface area contributed by atoms with Crippen molar-refractivity contribution in [2.45, 2.75) is 49.4 Å². The molecular weight excluding hydrogens is 596 g/mol. The first-order valence-corrected chi connectivity index (χ1v) is 14.3. The smallest absolute Gasteiger partial charge is 0.497 e. The number of aliphatic hydroxyl groups excluding tert-OH is 2. The molecule has 5 heterocycles. The highest BCUT2D eigenvalue weighted by Crippen LogP contribution is 2.50. The molecule has 14 heteroatoms. The van der Waals surface area contributed by atoms with Crippen molar-refractivity contribution in [1.29, 1.82) is 0 Å². The van der Waals surface area contributed by atoms with Gasteiger partial charge < -0.3 is 44.1 Å². The third-order valence-corrected chi connectivity index (χ3v) is 8.65. The van der Waals surface area contributed by atoms with Gasteiger partial charge in [-0.15, -0.1) is 8.78 Å². The van der Waals surface area contributed by atoms with Crippen molar-refractivity contribution in [1.82, 2.24) is 15.2 Å². The van der Waals surface area contributed by atoms with Gasteiger partial charge in [-0.3, -0.25) is 14.6 Å². The number of amides is 2. The molecule has 3 N–H and O–H groups in total. The van der Waals surface area contributed by atoms with Crippen molar-refractivity contribution >= 4 is 11.8 Å². The van der Waals surface area contributed by atoms with E-state index in [1.807, 2.05) is 0 Å². The van der Waals surface area contributed by atoms with Gasteiger partial charge in [-0.25, -0.2) is 0 Å². The first kappa shape index (κ1) is 29.0. The van der Waals surface area contributed by atoms with Crippen LogP contribution in [0.25, 0.3) is 0 Å². The Hall–Kier alpha value is -4.69. The zero-order valence-electron chi connectivity index (χ0n) is 24.2. The number of carbonyl (C=O) groups is 2. The van der Waals surface area contributed by atoms with Gasteiger partial charge in [-0.1, -0.05) is 0 Å². The van der Waals surface area contributed by atoms with Crippen LogP contribution in [0.4, 0.5) is 8.78 Å². The second-order valence-electron chi connectivity index (χ2n) is 11.7. The molecule has 0 aliphatic carbocycles. The minimum atomic E-state index is -3.81. The fourth-order valence-electron chi connectivity index (χ4n) is 6.07. The maximum Gasteiger partial charge on any atom is 0.586 e. The number of nitrogens with one attached hydrogen (secondary N) is 1. The SMILES string of the molecule is COc1ccc2c(c1)O[C@@H](c1ccc(C(=O)N3C[C@H](O)[C@@H](O)C3)cn1)C[C@H]2NC(=O)C1(C)COc2cc3c(cc21)OC(F)(F)O3. The molecule has 5 atom stereocenters. The third kappa shape index (κ3) is 5.03. The Labute approximate surface area is 255 Å². The molecule has 0 spiro atoms. The fraction of sp³-hybridized carbons (Fsp3) is 0.387. The van der Waals surface area contributed by atoms with E-state index in [0.717, 1.165) is 0 Å². The number of methoxy groups -OCH3 is 1. The molecule has 0 saturated carbocycles. The summed E-state index contributed by atoms with van der Waals surface area (Å²) in [4.78, 5) is 32.6. The molecule has 4 aliphatic rings. The van der Waals surface area contributed by atoms with Crippen LogP contribution in [0.2, 0.25) is 0 Å². The van der Waals surface area contributed by atoms with Crippen LogP contribution in [0.5, 0.6) is 28.7 Å². The largest absolute Gasteiger partial charge is 0.586 e. The lowest BCUT2D eigenvalue weighted by molar-refractivity contribution is -0.286. The van der Waals surface area contributed by atoms with Crippen LogP contribution in [0.1, 0.15) is 52.7 Å². The van der Waals surface area contributed by atoms with Gasteiger partial charge in [0.15, 0.2) is 11.5 Å². The molecule has 12 nitrogen and oxygen atoms in total. The highest BCUT2D eigenvalue weighted by molar-refractivity contribution is 5.94. The first-order valence-electron chi connectivity index (χ1n) is 14.3. The number of fused-ring (bicyclic) bond motifs is 3. The molecule has 0 bridgehead atoms. The number of aromatic nitrogens is 1. The van der Waals surface area contributed by atoms with Gasteiger partial charge in [0, 0.05) is 49.0 Å². The quantitative estimate of drug-likeness (QED) is 0.387. The van der Waals surface area contributed by atoms with Crippen molar-refractivity contribution in [3.63, 3.8) is 0 Å². The molecule has 1 fully saturated rings. The van der Waals surface area contributed by atoms with Crippen LogP contribution in [-0.2, 0) is 10.2 Å². The highest BCUT2D eigenvalue weighted by atomic mass is 19.3. The maximum absolute atomic E-state index is 13.9. The van der Waals surface area contributed by atoms with Gasteiger partial charge in [-0.2, -0.15) is 0 Å². The first-order chi connectivity index (χ1) is 21.4. The molecule has 3 aromatic rings. The van der Waals surface area contributed by atoms with E-state index in [2.05, 4.69) is 19.8 Å². The second kappa shape index (κ2) is 10.4. The number of benzene rings is 2. The van der Waals surface area contributed by atoms with Crippen LogP contribution in [-0.4, -0.2) is 77.2 Å². The summed E-state index contributed by atoms with van der Waals surface area (Å²) in [5, 5.41) is 22.7. The van der Waals surface area contributed by atoms with Crippen LogP contribution in [0.15, 0.2) is 48.7 Å². The summed E-state index contributed by atoms with van der Waals surface area (Å²) in [6.07, 6.45) is -4.73. The summed E-state index contributed by atoms with van der Waals surface area (Å²) in [6.45, 7) is 1.68. The number of hydrogen-bond acceptors (Lipinski definition) is 10. The monoisotopic (exact) mass is 625 g/mol. The number of aliphatic hydroxyl groups is 2. The van der Waals surface area contributed by atoms with E-state index in [0.29, 0.717) is 28.3 Å². The summed E-state index contributed by atoms with van der Waals surface area (Å²) in [7, 11) is 1.52. The molecule has 2 amide bonds. The summed E-state index contributed by atoms with van der Waals surface area (Å²) >= 11 is 0. The number of ether oxygens (including phenoxy) is 5. The number of rotatable bonds is 5. The van der Waals surface area contributed by atoms with Crippen LogP contribution >= 0.6 is 0 Å². The topological polar surface area (TPSA) is 149 Å². The number of alkyl halides is 2. The molecular formula is C31H29F2N3O9. The lowest BCUT2D eigenvalue weighted by atomic mass is 9.82. The van der Waals surface area contributed by atoms with Crippen molar-refractivity contribution < 1.29 is 52.3 Å². The van der Waals surface area contributed by atoms with Gasteiger partial charge in [0.25, 0.3) is 5.91 Å². The summed E-state index contributed by atoms with van der Waals surface area (Å²) in [5.41, 5.74) is 0.651. The van der Waals surface area contributed by atoms with Gasteiger partial charge in [0.1, 0.15) is 35.4 Å². The average molecular weight is 626 g/mol. The van der Waals surface area contributed by atoms with E-state index >= 15 is 0 Å². The van der Waals surface area contributed by atoms with Crippen molar-refractivity contribution in [3.8, 4) is 28.7 Å². The van der Waals surface area contributed by atoms with Crippen molar-refractivity contribution in [2.24, 2.45) is 0 Å². The summed E-state index contributed by atoms with van der Waals surface area (Å²) < 4.78 is 53.9. The Morgan fingerprint density at radius 1 is 1.02 bits per heavy atom. The van der Waals surface area contributed by atoms with Crippen LogP contribution in [0.3, 0.4) is 0 Å². The third-order valence-electron chi connectivity index (χ3n) is 8.65. The van der Waals surface area contributed by atoms with E-state index in [9.17, 15) is 28.6 Å². The molecule has 7 rings (SSSR count). The minimum absolute atomic E-state index is 0.0255. The Bertz CT molecular complexity index is 1680. The predicted molar refractivity (Wildman–Crippen MR) is 150 cm³/mol. The lowest BCUT2D eigenvalue weighted by Crippen LogP contribution is -2.46. The van der Waals surface area contributed by atoms with E-state index in [4.69, 9.17) is 14.2 Å². The Morgan fingerprint density at radius 3 is 2.44 bits per heavy atom. The number of likely N-dealkylation sites (tertiary alicyclic amines) is 1. The molecule has 1 unspecified atom stereocenters. The van der Waals surface area contributed by atoms with Gasteiger partial charge >= 0.3 is 6.29 Å². The molecule has 4 aliphatic heterocycles.